The molecule has 5 N–H and O–H groups in total. The molecule has 0 radical (unpaired) electrons. The Morgan fingerprint density at radius 3 is 1.77 bits per heavy atom. The van der Waals surface area contributed by atoms with Gasteiger partial charge in [-0.25, -0.2) is 9.78 Å². The van der Waals surface area contributed by atoms with Gasteiger partial charge in [0.2, 0.25) is 5.76 Å². The maximum atomic E-state index is 11.6. The van der Waals surface area contributed by atoms with E-state index in [1.54, 1.807) is 19.1 Å². The van der Waals surface area contributed by atoms with E-state index in [1.807, 2.05) is 0 Å². The topological polar surface area (TPSA) is 251 Å². The number of aryl methyl sites for hydroxylation is 1. The van der Waals surface area contributed by atoms with Crippen molar-refractivity contribution in [2.24, 2.45) is 0 Å². The molecule has 2 heterocycles. The van der Waals surface area contributed by atoms with E-state index in [9.17, 15) is 44.4 Å². The number of benzene rings is 2. The minimum Gasteiger partial charge on any atom is -0.488 e. The Bertz CT molecular complexity index is 1770. The van der Waals surface area contributed by atoms with E-state index in [2.05, 4.69) is 4.98 Å². The molecule has 0 aliphatic carbocycles. The van der Waals surface area contributed by atoms with Gasteiger partial charge < -0.3 is 53.6 Å². The standard InChI is InChI=1S/C29H27N3O14.Ca/c1-15-2-3-17(31(11-24(33)34)12-25(35)36)20(6-15)43-4-5-44-21-7-16-8-22(28-30-10-23(46-28)29(41)42)45-19(16)9-18(21)32(13-26(37)38)14-27(39)40;/h2-3,6-10H,4-5,11-14H2,1H3,(H,33,34)(H,35,36)(H,37,38)(H,39,40)(H,41,42);/q;+2. The number of aromatic nitrogens is 1. The number of carbonyl (C=O) groups is 5. The van der Waals surface area contributed by atoms with Crippen LogP contribution in [-0.2, 0) is 19.2 Å². The fourth-order valence-electron chi connectivity index (χ4n) is 4.42. The molecule has 0 atom stereocenters. The molecule has 0 spiro atoms. The minimum absolute atomic E-state index is 0. The number of ether oxygens (including phenoxy) is 2. The van der Waals surface area contributed by atoms with Gasteiger partial charge in [-0.1, -0.05) is 6.07 Å². The Kier molecular flexibility index (Phi) is 12.4. The quantitative estimate of drug-likeness (QED) is 0.0790. The van der Waals surface area contributed by atoms with E-state index in [0.717, 1.165) is 21.6 Å². The molecule has 2 aromatic carbocycles. The zero-order valence-electron chi connectivity index (χ0n) is 24.7. The number of hydrogen-bond acceptors (Lipinski definition) is 12. The maximum Gasteiger partial charge on any atom is 2.00 e. The van der Waals surface area contributed by atoms with Crippen LogP contribution in [0.3, 0.4) is 0 Å². The first-order chi connectivity index (χ1) is 21.8. The van der Waals surface area contributed by atoms with Gasteiger partial charge >= 0.3 is 67.6 Å². The van der Waals surface area contributed by atoms with Gasteiger partial charge in [0.05, 0.1) is 17.6 Å². The van der Waals surface area contributed by atoms with Crippen molar-refractivity contribution in [2.45, 2.75) is 6.92 Å². The van der Waals surface area contributed by atoms with Crippen LogP contribution in [0.15, 0.2) is 51.4 Å². The Labute approximate surface area is 294 Å². The van der Waals surface area contributed by atoms with E-state index >= 15 is 0 Å². The number of carboxylic acids is 5. The van der Waals surface area contributed by atoms with Gasteiger partial charge in [-0.2, -0.15) is 0 Å². The van der Waals surface area contributed by atoms with Crippen molar-refractivity contribution >= 4 is 89.9 Å². The Balaban J connectivity index is 0.00000600. The molecule has 0 amide bonds. The fourth-order valence-corrected chi connectivity index (χ4v) is 4.42. The largest absolute Gasteiger partial charge is 2.00 e. The SMILES string of the molecule is Cc1ccc(N(CC(=O)O)CC(=O)O)c(OCCOc2cc3cc(-c4ncc(C(=O)O)o4)oc3cc2N(CC(=O)O)CC(=O)O)c1.[Ca+2]. The minimum atomic E-state index is -1.35. The van der Waals surface area contributed by atoms with Crippen molar-refractivity contribution in [3.63, 3.8) is 0 Å². The van der Waals surface area contributed by atoms with Gasteiger partial charge in [0.1, 0.15) is 56.5 Å². The molecule has 4 aromatic rings. The van der Waals surface area contributed by atoms with E-state index in [1.165, 1.54) is 24.3 Å². The smallest absolute Gasteiger partial charge is 0.488 e. The van der Waals surface area contributed by atoms with Crippen LogP contribution in [0.2, 0.25) is 0 Å². The number of anilines is 2. The summed E-state index contributed by atoms with van der Waals surface area (Å²) in [6.07, 6.45) is 0.995. The average Bonchev–Trinajstić information content (AvgIpc) is 3.61. The van der Waals surface area contributed by atoms with Crippen molar-refractivity contribution in [3.8, 4) is 23.1 Å². The average molecular weight is 682 g/mol. The molecule has 0 unspecified atom stereocenters. The first kappa shape index (κ1) is 36.5. The molecule has 0 aliphatic heterocycles. The summed E-state index contributed by atoms with van der Waals surface area (Å²) in [6.45, 7) is -1.20. The van der Waals surface area contributed by atoms with Gasteiger partial charge in [0.25, 0.3) is 5.89 Å². The number of aliphatic carboxylic acids is 4. The number of carboxylic acid groups (broad SMARTS) is 5. The third kappa shape index (κ3) is 9.74. The summed E-state index contributed by atoms with van der Waals surface area (Å²) in [4.78, 5) is 63.1. The summed E-state index contributed by atoms with van der Waals surface area (Å²) in [5.74, 6) is -6.80. The molecule has 18 heteroatoms. The number of furan rings is 1. The Morgan fingerprint density at radius 2 is 1.26 bits per heavy atom. The molecular formula is C29H27CaN3O14+2. The second-order valence-electron chi connectivity index (χ2n) is 9.76. The van der Waals surface area contributed by atoms with Gasteiger partial charge in [0.15, 0.2) is 5.76 Å². The number of hydrogen-bond donors (Lipinski definition) is 5. The van der Waals surface area contributed by atoms with Gasteiger partial charge in [-0.3, -0.25) is 19.2 Å². The fraction of sp³-hybridized carbons (Fsp3) is 0.241. The van der Waals surface area contributed by atoms with Gasteiger partial charge in [-0.15, -0.1) is 0 Å². The summed E-state index contributed by atoms with van der Waals surface area (Å²) >= 11 is 0. The number of oxazole rings is 1. The summed E-state index contributed by atoms with van der Waals surface area (Å²) in [5.41, 5.74) is 1.16. The van der Waals surface area contributed by atoms with E-state index in [-0.39, 0.29) is 91.1 Å². The van der Waals surface area contributed by atoms with E-state index in [4.69, 9.17) is 23.4 Å². The summed E-state index contributed by atoms with van der Waals surface area (Å²) in [6, 6.07) is 9.07. The molecule has 0 saturated carbocycles. The first-order valence-electron chi connectivity index (χ1n) is 13.3. The van der Waals surface area contributed by atoms with Crippen LogP contribution in [0.4, 0.5) is 11.4 Å². The molecule has 47 heavy (non-hydrogen) atoms. The van der Waals surface area contributed by atoms with Crippen molar-refractivity contribution in [3.05, 3.63) is 53.9 Å². The number of fused-ring (bicyclic) bond motifs is 1. The maximum absolute atomic E-state index is 11.6. The van der Waals surface area contributed by atoms with Crippen LogP contribution in [0.25, 0.3) is 22.6 Å². The van der Waals surface area contributed by atoms with Crippen molar-refractivity contribution in [1.82, 2.24) is 4.98 Å². The molecule has 242 valence electrons. The van der Waals surface area contributed by atoms with Crippen molar-refractivity contribution in [2.75, 3.05) is 49.2 Å². The first-order valence-corrected chi connectivity index (χ1v) is 13.3. The molecule has 0 bridgehead atoms. The molecule has 0 aliphatic rings. The molecule has 2 aromatic heterocycles. The van der Waals surface area contributed by atoms with Crippen LogP contribution in [0.1, 0.15) is 16.1 Å². The number of nitrogens with zero attached hydrogens (tertiary/aromatic N) is 3. The predicted octanol–water partition coefficient (Wildman–Crippen LogP) is 2.12. The van der Waals surface area contributed by atoms with Crippen molar-refractivity contribution < 1.29 is 67.8 Å². The third-order valence-electron chi connectivity index (χ3n) is 6.22. The number of rotatable bonds is 17. The molecular weight excluding hydrogens is 654 g/mol. The summed E-state index contributed by atoms with van der Waals surface area (Å²) in [7, 11) is 0. The number of aromatic carboxylic acids is 1. The van der Waals surface area contributed by atoms with Crippen LogP contribution in [0, 0.1) is 6.92 Å². The van der Waals surface area contributed by atoms with Gasteiger partial charge in [-0.05, 0) is 36.8 Å². The normalized spacial score (nSPS) is 10.6. The van der Waals surface area contributed by atoms with Crippen LogP contribution < -0.4 is 19.3 Å². The van der Waals surface area contributed by atoms with Crippen LogP contribution in [-0.4, -0.2) is 137 Å². The van der Waals surface area contributed by atoms with Gasteiger partial charge in [0, 0.05) is 11.5 Å². The predicted molar refractivity (Wildman–Crippen MR) is 162 cm³/mol. The van der Waals surface area contributed by atoms with E-state index in [0.29, 0.717) is 5.39 Å². The third-order valence-corrected chi connectivity index (χ3v) is 6.22. The monoisotopic (exact) mass is 681 g/mol. The Hall–Kier alpha value is -5.00. The van der Waals surface area contributed by atoms with E-state index < -0.39 is 61.8 Å². The molecule has 0 fully saturated rings. The zero-order chi connectivity index (χ0) is 33.5. The van der Waals surface area contributed by atoms with Crippen molar-refractivity contribution in [1.29, 1.82) is 0 Å². The summed E-state index contributed by atoms with van der Waals surface area (Å²) < 4.78 is 22.7. The second kappa shape index (κ2) is 16.0. The van der Waals surface area contributed by atoms with Crippen LogP contribution in [0.5, 0.6) is 11.5 Å². The summed E-state index contributed by atoms with van der Waals surface area (Å²) in [5, 5.41) is 47.0. The Morgan fingerprint density at radius 1 is 0.723 bits per heavy atom. The second-order valence-corrected chi connectivity index (χ2v) is 9.76. The molecule has 17 nitrogen and oxygen atoms in total. The molecule has 4 rings (SSSR count). The molecule has 0 saturated heterocycles. The zero-order valence-corrected chi connectivity index (χ0v) is 27.0. The van der Waals surface area contributed by atoms with Crippen LogP contribution >= 0.6 is 0 Å².